The lowest BCUT2D eigenvalue weighted by Crippen LogP contribution is -2.22. The monoisotopic (exact) mass is 460 g/mol. The van der Waals surface area contributed by atoms with Gasteiger partial charge in [0.2, 0.25) is 10.0 Å². The number of amides is 1. The molecule has 1 aliphatic heterocycles. The summed E-state index contributed by atoms with van der Waals surface area (Å²) in [4.78, 5) is 23.8. The number of ether oxygens (including phenoxy) is 3. The van der Waals surface area contributed by atoms with E-state index in [1.165, 1.54) is 0 Å². The molecular formula is C17H14Cl2N2O7S. The number of primary sulfonamides is 1. The topological polar surface area (TPSA) is 134 Å². The molecule has 12 heteroatoms. The lowest BCUT2D eigenvalue weighted by Gasteiger charge is -2.19. The third-order valence-corrected chi connectivity index (χ3v) is 5.40. The van der Waals surface area contributed by atoms with E-state index in [9.17, 15) is 18.0 Å². The third-order valence-electron chi connectivity index (χ3n) is 3.71. The molecule has 2 aromatic carbocycles. The highest BCUT2D eigenvalue weighted by atomic mass is 35.5. The highest BCUT2D eigenvalue weighted by Crippen LogP contribution is 2.32. The standard InChI is InChI=1S/C17H14Cl2N2O7S/c18-11-7-12(19)15(29(20,24)25)6-10(11)17(23)28-8-16(22)21-9-1-2-13-14(5-9)27-4-3-26-13/h1-2,5-7H,3-4,8H2,(H,21,22)(H2,20,24,25). The highest BCUT2D eigenvalue weighted by molar-refractivity contribution is 7.89. The smallest absolute Gasteiger partial charge is 0.340 e. The van der Waals surface area contributed by atoms with Gasteiger partial charge in [-0.05, 0) is 24.3 Å². The number of carbonyl (C=O) groups is 2. The Bertz CT molecular complexity index is 1090. The number of esters is 1. The van der Waals surface area contributed by atoms with Gasteiger partial charge in [-0.15, -0.1) is 0 Å². The first-order chi connectivity index (χ1) is 13.6. The molecule has 1 heterocycles. The maximum Gasteiger partial charge on any atom is 0.340 e. The van der Waals surface area contributed by atoms with Crippen LogP contribution in [0.15, 0.2) is 35.2 Å². The van der Waals surface area contributed by atoms with Crippen LogP contribution in [-0.2, 0) is 19.6 Å². The number of fused-ring (bicyclic) bond motifs is 1. The predicted octanol–water partition coefficient (Wildman–Crippen LogP) is 2.21. The van der Waals surface area contributed by atoms with Crippen molar-refractivity contribution in [1.82, 2.24) is 0 Å². The molecule has 0 radical (unpaired) electrons. The van der Waals surface area contributed by atoms with E-state index in [0.717, 1.165) is 12.1 Å². The molecule has 2 aromatic rings. The van der Waals surface area contributed by atoms with Crippen LogP contribution in [0.1, 0.15) is 10.4 Å². The average Bonchev–Trinajstić information content (AvgIpc) is 2.65. The minimum atomic E-state index is -4.19. The number of carbonyl (C=O) groups excluding carboxylic acids is 2. The summed E-state index contributed by atoms with van der Waals surface area (Å²) in [7, 11) is -4.19. The SMILES string of the molecule is NS(=O)(=O)c1cc(C(=O)OCC(=O)Nc2ccc3c(c2)OCCO3)c(Cl)cc1Cl. The minimum absolute atomic E-state index is 0.153. The second-order valence-corrected chi connectivity index (χ2v) is 8.13. The van der Waals surface area contributed by atoms with E-state index in [0.29, 0.717) is 30.4 Å². The number of anilines is 1. The summed E-state index contributed by atoms with van der Waals surface area (Å²) in [6.07, 6.45) is 0. The van der Waals surface area contributed by atoms with Crippen molar-refractivity contribution in [1.29, 1.82) is 0 Å². The minimum Gasteiger partial charge on any atom is -0.486 e. The summed E-state index contributed by atoms with van der Waals surface area (Å²) < 4.78 is 38.7. The van der Waals surface area contributed by atoms with E-state index in [-0.39, 0.29) is 15.6 Å². The second kappa shape index (κ2) is 8.46. The molecule has 0 aliphatic carbocycles. The van der Waals surface area contributed by atoms with Crippen LogP contribution < -0.4 is 19.9 Å². The molecule has 0 spiro atoms. The van der Waals surface area contributed by atoms with Crippen LogP contribution in [0.25, 0.3) is 0 Å². The van der Waals surface area contributed by atoms with Gasteiger partial charge in [0, 0.05) is 11.8 Å². The van der Waals surface area contributed by atoms with Crippen LogP contribution >= 0.6 is 23.2 Å². The Morgan fingerprint density at radius 1 is 1.07 bits per heavy atom. The van der Waals surface area contributed by atoms with Crippen LogP contribution in [0.2, 0.25) is 10.0 Å². The van der Waals surface area contributed by atoms with Crippen molar-refractivity contribution in [3.63, 3.8) is 0 Å². The molecule has 154 valence electrons. The Morgan fingerprint density at radius 3 is 2.45 bits per heavy atom. The van der Waals surface area contributed by atoms with E-state index in [2.05, 4.69) is 5.32 Å². The molecule has 3 rings (SSSR count). The van der Waals surface area contributed by atoms with Gasteiger partial charge in [-0.1, -0.05) is 23.2 Å². The lowest BCUT2D eigenvalue weighted by atomic mass is 10.2. The van der Waals surface area contributed by atoms with Gasteiger partial charge in [-0.2, -0.15) is 0 Å². The van der Waals surface area contributed by atoms with Crippen molar-refractivity contribution in [2.75, 3.05) is 25.1 Å². The van der Waals surface area contributed by atoms with Crippen molar-refractivity contribution in [2.24, 2.45) is 5.14 Å². The molecule has 1 aliphatic rings. The van der Waals surface area contributed by atoms with Crippen molar-refractivity contribution in [2.45, 2.75) is 4.90 Å². The quantitative estimate of drug-likeness (QED) is 0.652. The summed E-state index contributed by atoms with van der Waals surface area (Å²) in [5, 5.41) is 7.18. The Kier molecular flexibility index (Phi) is 6.18. The number of hydrogen-bond acceptors (Lipinski definition) is 7. The summed E-state index contributed by atoms with van der Waals surface area (Å²) in [5.74, 6) is -0.612. The first-order valence-electron chi connectivity index (χ1n) is 8.03. The predicted molar refractivity (Wildman–Crippen MR) is 104 cm³/mol. The van der Waals surface area contributed by atoms with Crippen molar-refractivity contribution in [3.05, 3.63) is 45.9 Å². The zero-order valence-corrected chi connectivity index (χ0v) is 16.9. The molecule has 0 fully saturated rings. The summed E-state index contributed by atoms with van der Waals surface area (Å²) in [6.45, 7) is 0.191. The fourth-order valence-electron chi connectivity index (χ4n) is 2.43. The van der Waals surface area contributed by atoms with E-state index in [4.69, 9.17) is 42.6 Å². The van der Waals surface area contributed by atoms with E-state index in [1.54, 1.807) is 18.2 Å². The van der Waals surface area contributed by atoms with Gasteiger partial charge in [0.1, 0.15) is 18.1 Å². The van der Waals surface area contributed by atoms with E-state index < -0.39 is 33.4 Å². The maximum atomic E-state index is 12.2. The largest absolute Gasteiger partial charge is 0.486 e. The van der Waals surface area contributed by atoms with Crippen LogP contribution in [0, 0.1) is 0 Å². The van der Waals surface area contributed by atoms with Crippen LogP contribution in [0.5, 0.6) is 11.5 Å². The summed E-state index contributed by atoms with van der Waals surface area (Å²) in [5.41, 5.74) is 0.114. The number of sulfonamides is 1. The molecule has 9 nitrogen and oxygen atoms in total. The van der Waals surface area contributed by atoms with Gasteiger partial charge in [-0.25, -0.2) is 18.4 Å². The molecule has 1 amide bonds. The first kappa shape index (κ1) is 21.2. The number of hydrogen-bond donors (Lipinski definition) is 2. The number of benzene rings is 2. The van der Waals surface area contributed by atoms with Gasteiger partial charge >= 0.3 is 5.97 Å². The van der Waals surface area contributed by atoms with E-state index in [1.807, 2.05) is 0 Å². The second-order valence-electron chi connectivity index (χ2n) is 5.79. The van der Waals surface area contributed by atoms with Crippen molar-refractivity contribution < 1.29 is 32.2 Å². The Labute approximate surface area is 175 Å². The van der Waals surface area contributed by atoms with Gasteiger partial charge in [0.15, 0.2) is 18.1 Å². The number of nitrogens with one attached hydrogen (secondary N) is 1. The molecule has 0 bridgehead atoms. The van der Waals surface area contributed by atoms with Crippen LogP contribution in [-0.4, -0.2) is 40.1 Å². The van der Waals surface area contributed by atoms with Gasteiger partial charge in [0.05, 0.1) is 15.6 Å². The highest BCUT2D eigenvalue weighted by Gasteiger charge is 2.21. The average molecular weight is 461 g/mol. The molecule has 0 atom stereocenters. The lowest BCUT2D eigenvalue weighted by molar-refractivity contribution is -0.119. The molecule has 29 heavy (non-hydrogen) atoms. The van der Waals surface area contributed by atoms with E-state index >= 15 is 0 Å². The van der Waals surface area contributed by atoms with Crippen molar-refractivity contribution in [3.8, 4) is 11.5 Å². The van der Waals surface area contributed by atoms with Gasteiger partial charge in [0.25, 0.3) is 5.91 Å². The zero-order chi connectivity index (χ0) is 21.2. The van der Waals surface area contributed by atoms with Gasteiger partial charge < -0.3 is 19.5 Å². The Hall–Kier alpha value is -2.53. The van der Waals surface area contributed by atoms with Crippen LogP contribution in [0.3, 0.4) is 0 Å². The molecular weight excluding hydrogens is 447 g/mol. The maximum absolute atomic E-state index is 12.2. The van der Waals surface area contributed by atoms with Crippen molar-refractivity contribution >= 4 is 50.8 Å². The number of halogens is 2. The molecule has 0 unspecified atom stereocenters. The fourth-order valence-corrected chi connectivity index (χ4v) is 3.83. The fraction of sp³-hybridized carbons (Fsp3) is 0.176. The number of rotatable bonds is 5. The van der Waals surface area contributed by atoms with Crippen LogP contribution in [0.4, 0.5) is 5.69 Å². The summed E-state index contributed by atoms with van der Waals surface area (Å²) in [6, 6.07) is 6.75. The van der Waals surface area contributed by atoms with Gasteiger partial charge in [-0.3, -0.25) is 4.79 Å². The molecule has 3 N–H and O–H groups in total. The zero-order valence-electron chi connectivity index (χ0n) is 14.6. The normalized spacial score (nSPS) is 12.9. The molecule has 0 saturated carbocycles. The number of nitrogens with two attached hydrogens (primary N) is 1. The summed E-state index contributed by atoms with van der Waals surface area (Å²) >= 11 is 11.7. The Balaban J connectivity index is 1.65. The molecule has 0 aromatic heterocycles. The Morgan fingerprint density at radius 2 is 1.76 bits per heavy atom. The first-order valence-corrected chi connectivity index (χ1v) is 10.3. The third kappa shape index (κ3) is 5.10. The molecule has 0 saturated heterocycles.